The molecule has 1 atom stereocenters. The van der Waals surface area contributed by atoms with Crippen molar-refractivity contribution in [3.05, 3.63) is 58.1 Å². The fraction of sp³-hybridized carbons (Fsp3) is 0.333. The Bertz CT molecular complexity index is 834. The van der Waals surface area contributed by atoms with Crippen molar-refractivity contribution in [2.75, 3.05) is 11.9 Å². The fourth-order valence-corrected chi connectivity index (χ4v) is 3.56. The molecule has 4 nitrogen and oxygen atoms in total. The molecule has 0 heterocycles. The molecule has 0 fully saturated rings. The van der Waals surface area contributed by atoms with E-state index in [1.807, 2.05) is 52.0 Å². The van der Waals surface area contributed by atoms with E-state index in [0.29, 0.717) is 17.7 Å². The Morgan fingerprint density at radius 3 is 2.48 bits per heavy atom. The Morgan fingerprint density at radius 2 is 1.80 bits per heavy atom. The van der Waals surface area contributed by atoms with Gasteiger partial charge in [-0.1, -0.05) is 31.2 Å². The Morgan fingerprint density at radius 1 is 1.12 bits per heavy atom. The first-order valence-electron chi connectivity index (χ1n) is 8.54. The molecule has 4 heteroatoms. The molecule has 1 aliphatic carbocycles. The summed E-state index contributed by atoms with van der Waals surface area (Å²) in [5.74, 6) is 0.572. The van der Waals surface area contributed by atoms with Crippen molar-refractivity contribution in [3.8, 4) is 5.75 Å². The molecule has 2 aromatic rings. The number of anilines is 1. The first-order chi connectivity index (χ1) is 11.9. The number of amides is 1. The van der Waals surface area contributed by atoms with Crippen LogP contribution in [0.15, 0.2) is 30.3 Å². The van der Waals surface area contributed by atoms with Gasteiger partial charge in [-0.25, -0.2) is 0 Å². The Balaban J connectivity index is 1.75. The number of hydrogen-bond acceptors (Lipinski definition) is 3. The molecule has 1 N–H and O–H groups in total. The number of ketones is 1. The van der Waals surface area contributed by atoms with E-state index in [-0.39, 0.29) is 24.2 Å². The second-order valence-corrected chi connectivity index (χ2v) is 6.80. The summed E-state index contributed by atoms with van der Waals surface area (Å²) in [5, 5.41) is 2.90. The molecule has 0 unspecified atom stereocenters. The lowest BCUT2D eigenvalue weighted by atomic mass is 9.97. The highest BCUT2D eigenvalue weighted by Crippen LogP contribution is 2.40. The molecule has 1 amide bonds. The molecule has 0 aromatic heterocycles. The summed E-state index contributed by atoms with van der Waals surface area (Å²) in [6.45, 7) is 7.84. The number of Topliss-reactive ketones (excluding diaryl/α,β-unsaturated/α-hetero) is 1. The third-order valence-corrected chi connectivity index (χ3v) is 4.79. The maximum absolute atomic E-state index is 12.3. The van der Waals surface area contributed by atoms with Crippen molar-refractivity contribution in [1.82, 2.24) is 0 Å². The third-order valence-electron chi connectivity index (χ3n) is 4.79. The second kappa shape index (κ2) is 6.71. The number of carbonyl (C=O) groups is 2. The van der Waals surface area contributed by atoms with Gasteiger partial charge in [-0.15, -0.1) is 0 Å². The summed E-state index contributed by atoms with van der Waals surface area (Å²) < 4.78 is 5.70. The lowest BCUT2D eigenvalue weighted by molar-refractivity contribution is -0.118. The molecule has 0 saturated carbocycles. The van der Waals surface area contributed by atoms with Gasteiger partial charge in [0.2, 0.25) is 0 Å². The van der Waals surface area contributed by atoms with Crippen LogP contribution in [-0.2, 0) is 4.79 Å². The van der Waals surface area contributed by atoms with Gasteiger partial charge in [0.15, 0.2) is 12.4 Å². The standard InChI is InChI=1S/C21H23NO3/c1-12-8-9-17(20-16(23)10-15(4)19(12)20)25-11-18(24)22-21-13(2)6-5-7-14(21)3/h5-9,15H,10-11H2,1-4H3,(H,22,24)/t15-/m0/s1. The van der Waals surface area contributed by atoms with E-state index in [1.165, 1.54) is 0 Å². The maximum atomic E-state index is 12.3. The van der Waals surface area contributed by atoms with Crippen molar-refractivity contribution in [3.63, 3.8) is 0 Å². The zero-order valence-electron chi connectivity index (χ0n) is 15.1. The number of hydrogen-bond donors (Lipinski definition) is 1. The van der Waals surface area contributed by atoms with Crippen LogP contribution in [0.4, 0.5) is 5.69 Å². The normalized spacial score (nSPS) is 15.8. The van der Waals surface area contributed by atoms with Crippen LogP contribution in [-0.4, -0.2) is 18.3 Å². The van der Waals surface area contributed by atoms with Crippen LogP contribution in [0.1, 0.15) is 51.9 Å². The average Bonchev–Trinajstić information content (AvgIpc) is 2.86. The van der Waals surface area contributed by atoms with Crippen molar-refractivity contribution < 1.29 is 14.3 Å². The first-order valence-corrected chi connectivity index (χ1v) is 8.54. The predicted molar refractivity (Wildman–Crippen MR) is 98.6 cm³/mol. The topological polar surface area (TPSA) is 55.4 Å². The summed E-state index contributed by atoms with van der Waals surface area (Å²) in [7, 11) is 0. The summed E-state index contributed by atoms with van der Waals surface area (Å²) in [5.41, 5.74) is 5.63. The highest BCUT2D eigenvalue weighted by atomic mass is 16.5. The van der Waals surface area contributed by atoms with Gasteiger partial charge in [0.25, 0.3) is 5.91 Å². The number of ether oxygens (including phenoxy) is 1. The highest BCUT2D eigenvalue weighted by molar-refractivity contribution is 6.04. The molecule has 1 aliphatic rings. The summed E-state index contributed by atoms with van der Waals surface area (Å²) in [6.07, 6.45) is 0.505. The van der Waals surface area contributed by atoms with Crippen LogP contribution in [0.5, 0.6) is 5.75 Å². The van der Waals surface area contributed by atoms with E-state index in [4.69, 9.17) is 4.74 Å². The van der Waals surface area contributed by atoms with E-state index < -0.39 is 0 Å². The SMILES string of the molecule is Cc1cccc(C)c1NC(=O)COc1ccc(C)c2c1C(=O)C[C@@H]2C. The minimum absolute atomic E-state index is 0.0938. The van der Waals surface area contributed by atoms with Gasteiger partial charge in [0.1, 0.15) is 5.75 Å². The van der Waals surface area contributed by atoms with Crippen LogP contribution in [0, 0.1) is 20.8 Å². The van der Waals surface area contributed by atoms with E-state index in [1.54, 1.807) is 6.07 Å². The van der Waals surface area contributed by atoms with Crippen molar-refractivity contribution in [1.29, 1.82) is 0 Å². The third kappa shape index (κ3) is 3.29. The first kappa shape index (κ1) is 17.2. The monoisotopic (exact) mass is 337 g/mol. The van der Waals surface area contributed by atoms with Gasteiger partial charge in [0, 0.05) is 12.1 Å². The molecule has 0 bridgehead atoms. The number of para-hydroxylation sites is 1. The van der Waals surface area contributed by atoms with Gasteiger partial charge >= 0.3 is 0 Å². The second-order valence-electron chi connectivity index (χ2n) is 6.80. The molecule has 130 valence electrons. The van der Waals surface area contributed by atoms with Crippen LogP contribution in [0.3, 0.4) is 0 Å². The van der Waals surface area contributed by atoms with Gasteiger partial charge in [-0.05, 0) is 55.0 Å². The minimum atomic E-state index is -0.231. The fourth-order valence-electron chi connectivity index (χ4n) is 3.56. The molecular formula is C21H23NO3. The molecule has 0 aliphatic heterocycles. The summed E-state index contributed by atoms with van der Waals surface area (Å²) in [6, 6.07) is 9.61. The van der Waals surface area contributed by atoms with Gasteiger partial charge in [-0.2, -0.15) is 0 Å². The lowest BCUT2D eigenvalue weighted by Gasteiger charge is -2.14. The molecule has 0 saturated heterocycles. The molecule has 3 rings (SSSR count). The highest BCUT2D eigenvalue weighted by Gasteiger charge is 2.31. The van der Waals surface area contributed by atoms with E-state index in [2.05, 4.69) is 5.32 Å². The molecule has 2 aromatic carbocycles. The molecular weight excluding hydrogens is 314 g/mol. The number of fused-ring (bicyclic) bond motifs is 1. The zero-order chi connectivity index (χ0) is 18.1. The van der Waals surface area contributed by atoms with E-state index in [9.17, 15) is 9.59 Å². The number of benzene rings is 2. The van der Waals surface area contributed by atoms with Crippen LogP contribution in [0.25, 0.3) is 0 Å². The Kier molecular flexibility index (Phi) is 4.62. The molecule has 0 radical (unpaired) electrons. The van der Waals surface area contributed by atoms with Crippen molar-refractivity contribution in [2.24, 2.45) is 0 Å². The Labute approximate surface area is 148 Å². The number of carbonyl (C=O) groups excluding carboxylic acids is 2. The van der Waals surface area contributed by atoms with Crippen LogP contribution < -0.4 is 10.1 Å². The molecule has 25 heavy (non-hydrogen) atoms. The smallest absolute Gasteiger partial charge is 0.262 e. The maximum Gasteiger partial charge on any atom is 0.262 e. The average molecular weight is 337 g/mol. The number of nitrogens with one attached hydrogen (secondary N) is 1. The van der Waals surface area contributed by atoms with Crippen LogP contribution in [0.2, 0.25) is 0 Å². The van der Waals surface area contributed by atoms with E-state index >= 15 is 0 Å². The number of aryl methyl sites for hydroxylation is 3. The quantitative estimate of drug-likeness (QED) is 0.904. The van der Waals surface area contributed by atoms with Gasteiger partial charge in [-0.3, -0.25) is 9.59 Å². The lowest BCUT2D eigenvalue weighted by Crippen LogP contribution is -2.21. The van der Waals surface area contributed by atoms with Crippen molar-refractivity contribution >= 4 is 17.4 Å². The zero-order valence-corrected chi connectivity index (χ0v) is 15.1. The van der Waals surface area contributed by atoms with Crippen LogP contribution >= 0.6 is 0 Å². The minimum Gasteiger partial charge on any atom is -0.483 e. The largest absolute Gasteiger partial charge is 0.483 e. The van der Waals surface area contributed by atoms with Gasteiger partial charge in [0.05, 0.1) is 5.56 Å². The predicted octanol–water partition coefficient (Wildman–Crippen LogP) is 4.32. The van der Waals surface area contributed by atoms with E-state index in [0.717, 1.165) is 27.9 Å². The summed E-state index contributed by atoms with van der Waals surface area (Å²) in [4.78, 5) is 24.6. The van der Waals surface area contributed by atoms with Gasteiger partial charge < -0.3 is 10.1 Å². The summed E-state index contributed by atoms with van der Waals surface area (Å²) >= 11 is 0. The van der Waals surface area contributed by atoms with Crippen molar-refractivity contribution in [2.45, 2.75) is 40.0 Å². The number of rotatable bonds is 4. The molecule has 0 spiro atoms. The Hall–Kier alpha value is -2.62.